The van der Waals surface area contributed by atoms with Gasteiger partial charge in [0.05, 0.1) is 5.57 Å². The van der Waals surface area contributed by atoms with Gasteiger partial charge in [-0.15, -0.1) is 0 Å². The maximum Gasteiger partial charge on any atom is 0.336 e. The van der Waals surface area contributed by atoms with Gasteiger partial charge in [0.25, 0.3) is 0 Å². The number of allylic oxidation sites excluding steroid dienone is 1. The molecular weight excluding hydrogens is 212 g/mol. The van der Waals surface area contributed by atoms with Gasteiger partial charge in [-0.2, -0.15) is 0 Å². The van der Waals surface area contributed by atoms with E-state index in [1.54, 1.807) is 32.0 Å². The molecule has 0 aromatic heterocycles. The van der Waals surface area contributed by atoms with Gasteiger partial charge >= 0.3 is 5.97 Å². The van der Waals surface area contributed by atoms with Crippen LogP contribution in [0, 0.1) is 6.92 Å². The molecule has 0 bridgehead atoms. The molecule has 1 aromatic rings. The van der Waals surface area contributed by atoms with Gasteiger partial charge in [-0.3, -0.25) is 0 Å². The topological polar surface area (TPSA) is 37.3 Å². The summed E-state index contributed by atoms with van der Waals surface area (Å²) in [5, 5.41) is 9.72. The number of rotatable bonds is 2. The van der Waals surface area contributed by atoms with Crippen LogP contribution in [0.15, 0.2) is 23.8 Å². The van der Waals surface area contributed by atoms with Crippen molar-refractivity contribution in [3.8, 4) is 0 Å². The van der Waals surface area contributed by atoms with Crippen LogP contribution < -0.4 is 0 Å². The Morgan fingerprint density at radius 1 is 1.33 bits per heavy atom. The molecule has 0 amide bonds. The van der Waals surface area contributed by atoms with Crippen molar-refractivity contribution in [2.24, 2.45) is 0 Å². The summed E-state index contributed by atoms with van der Waals surface area (Å²) in [7, 11) is 0. The molecule has 1 rings (SSSR count). The lowest BCUT2D eigenvalue weighted by atomic mass is 9.97. The van der Waals surface area contributed by atoms with Crippen molar-refractivity contribution in [2.75, 3.05) is 0 Å². The van der Waals surface area contributed by atoms with Crippen molar-refractivity contribution in [3.05, 3.63) is 39.9 Å². The van der Waals surface area contributed by atoms with Crippen LogP contribution in [0.3, 0.4) is 0 Å². The van der Waals surface area contributed by atoms with Crippen LogP contribution in [0.1, 0.15) is 25.0 Å². The lowest BCUT2D eigenvalue weighted by Crippen LogP contribution is -2.03. The van der Waals surface area contributed by atoms with Crippen LogP contribution in [-0.4, -0.2) is 11.1 Å². The van der Waals surface area contributed by atoms with E-state index in [4.69, 9.17) is 16.7 Å². The fraction of sp³-hybridized carbons (Fsp3) is 0.250. The molecule has 0 unspecified atom stereocenters. The Labute approximate surface area is 94.2 Å². The number of halogens is 1. The molecule has 0 saturated heterocycles. The number of aryl methyl sites for hydroxylation is 1. The molecule has 3 heteroatoms. The molecule has 0 heterocycles. The first-order chi connectivity index (χ1) is 6.93. The van der Waals surface area contributed by atoms with Gasteiger partial charge in [0.1, 0.15) is 0 Å². The van der Waals surface area contributed by atoms with Crippen molar-refractivity contribution in [1.29, 1.82) is 0 Å². The summed E-state index contributed by atoms with van der Waals surface area (Å²) < 4.78 is 0. The van der Waals surface area contributed by atoms with E-state index in [9.17, 15) is 4.79 Å². The van der Waals surface area contributed by atoms with Crippen LogP contribution in [-0.2, 0) is 4.79 Å². The summed E-state index contributed by atoms with van der Waals surface area (Å²) in [6.07, 6.45) is 0. The fourth-order valence-electron chi connectivity index (χ4n) is 1.51. The molecular formula is C12H13ClO2. The predicted octanol–water partition coefficient (Wildman–Crippen LogP) is 3.53. The molecule has 0 radical (unpaired) electrons. The normalized spacial score (nSPS) is 9.87. The summed E-state index contributed by atoms with van der Waals surface area (Å²) in [6.45, 7) is 5.43. The fourth-order valence-corrected chi connectivity index (χ4v) is 1.73. The third-order valence-electron chi connectivity index (χ3n) is 2.17. The minimum Gasteiger partial charge on any atom is -0.478 e. The van der Waals surface area contributed by atoms with Crippen molar-refractivity contribution < 1.29 is 9.90 Å². The Bertz CT molecular complexity index is 429. The van der Waals surface area contributed by atoms with Crippen LogP contribution in [0.5, 0.6) is 0 Å². The molecule has 0 aliphatic heterocycles. The van der Waals surface area contributed by atoms with E-state index in [2.05, 4.69) is 0 Å². The quantitative estimate of drug-likeness (QED) is 0.781. The SMILES string of the molecule is CC(C)=C(C(=O)O)c1ccc(Cl)cc1C. The second-order valence-corrected chi connectivity index (χ2v) is 4.08. The molecule has 1 N–H and O–H groups in total. The third-order valence-corrected chi connectivity index (χ3v) is 2.41. The van der Waals surface area contributed by atoms with E-state index in [0.29, 0.717) is 10.6 Å². The Balaban J connectivity index is 3.38. The number of hydrogen-bond acceptors (Lipinski definition) is 1. The predicted molar refractivity (Wildman–Crippen MR) is 62.1 cm³/mol. The van der Waals surface area contributed by atoms with E-state index < -0.39 is 5.97 Å². The number of benzene rings is 1. The average Bonchev–Trinajstić information content (AvgIpc) is 2.08. The number of hydrogen-bond donors (Lipinski definition) is 1. The highest BCUT2D eigenvalue weighted by Crippen LogP contribution is 2.24. The van der Waals surface area contributed by atoms with Gasteiger partial charge in [-0.25, -0.2) is 4.79 Å². The lowest BCUT2D eigenvalue weighted by Gasteiger charge is -2.09. The number of aliphatic carboxylic acids is 1. The summed E-state index contributed by atoms with van der Waals surface area (Å²) in [6, 6.07) is 5.21. The first-order valence-corrected chi connectivity index (χ1v) is 4.98. The minimum absolute atomic E-state index is 0.351. The summed E-state index contributed by atoms with van der Waals surface area (Å²) in [5.41, 5.74) is 2.74. The highest BCUT2D eigenvalue weighted by atomic mass is 35.5. The maximum absolute atomic E-state index is 11.1. The zero-order valence-corrected chi connectivity index (χ0v) is 9.72. The lowest BCUT2D eigenvalue weighted by molar-refractivity contribution is -0.130. The highest BCUT2D eigenvalue weighted by Gasteiger charge is 2.14. The van der Waals surface area contributed by atoms with Crippen molar-refractivity contribution in [3.63, 3.8) is 0 Å². The van der Waals surface area contributed by atoms with Crippen molar-refractivity contribution in [1.82, 2.24) is 0 Å². The van der Waals surface area contributed by atoms with Gasteiger partial charge < -0.3 is 5.11 Å². The van der Waals surface area contributed by atoms with Crippen molar-refractivity contribution >= 4 is 23.1 Å². The van der Waals surface area contributed by atoms with Crippen LogP contribution in [0.4, 0.5) is 0 Å². The molecule has 2 nitrogen and oxygen atoms in total. The first kappa shape index (κ1) is 11.8. The Hall–Kier alpha value is -1.28. The first-order valence-electron chi connectivity index (χ1n) is 4.60. The smallest absolute Gasteiger partial charge is 0.336 e. The molecule has 0 spiro atoms. The van der Waals surface area contributed by atoms with E-state index >= 15 is 0 Å². The summed E-state index contributed by atoms with van der Waals surface area (Å²) >= 11 is 5.82. The Kier molecular flexibility index (Phi) is 3.53. The van der Waals surface area contributed by atoms with E-state index in [1.165, 1.54) is 0 Å². The number of carboxylic acids is 1. The average molecular weight is 225 g/mol. The number of carboxylic acid groups (broad SMARTS) is 1. The van der Waals surface area contributed by atoms with Gasteiger partial charge in [0.15, 0.2) is 0 Å². The molecule has 0 fully saturated rings. The summed E-state index contributed by atoms with van der Waals surface area (Å²) in [5.74, 6) is -0.902. The van der Waals surface area contributed by atoms with Crippen LogP contribution in [0.2, 0.25) is 5.02 Å². The van der Waals surface area contributed by atoms with Gasteiger partial charge in [0.2, 0.25) is 0 Å². The molecule has 1 aromatic carbocycles. The molecule has 0 atom stereocenters. The minimum atomic E-state index is -0.902. The monoisotopic (exact) mass is 224 g/mol. The van der Waals surface area contributed by atoms with Gasteiger partial charge in [0, 0.05) is 5.02 Å². The zero-order valence-electron chi connectivity index (χ0n) is 8.97. The van der Waals surface area contributed by atoms with Crippen molar-refractivity contribution in [2.45, 2.75) is 20.8 Å². The van der Waals surface area contributed by atoms with Gasteiger partial charge in [-0.05, 0) is 44.0 Å². The van der Waals surface area contributed by atoms with E-state index in [-0.39, 0.29) is 0 Å². The maximum atomic E-state index is 11.1. The standard InChI is InChI=1S/C12H13ClO2/c1-7(2)11(12(14)15)10-5-4-9(13)6-8(10)3/h4-6H,1-3H3,(H,14,15). The number of carbonyl (C=O) groups is 1. The summed E-state index contributed by atoms with van der Waals surface area (Å²) in [4.78, 5) is 11.1. The largest absolute Gasteiger partial charge is 0.478 e. The third kappa shape index (κ3) is 2.60. The van der Waals surface area contributed by atoms with E-state index in [1.807, 2.05) is 6.92 Å². The molecule has 0 aliphatic carbocycles. The molecule has 15 heavy (non-hydrogen) atoms. The second kappa shape index (κ2) is 4.49. The van der Waals surface area contributed by atoms with E-state index in [0.717, 1.165) is 16.7 Å². The highest BCUT2D eigenvalue weighted by molar-refractivity contribution is 6.30. The molecule has 80 valence electrons. The molecule has 0 aliphatic rings. The Morgan fingerprint density at radius 3 is 2.33 bits per heavy atom. The second-order valence-electron chi connectivity index (χ2n) is 3.64. The Morgan fingerprint density at radius 2 is 1.93 bits per heavy atom. The zero-order chi connectivity index (χ0) is 11.6. The van der Waals surface area contributed by atoms with Crippen LogP contribution in [0.25, 0.3) is 5.57 Å². The van der Waals surface area contributed by atoms with Gasteiger partial charge in [-0.1, -0.05) is 23.2 Å². The molecule has 0 saturated carbocycles. The van der Waals surface area contributed by atoms with Crippen LogP contribution >= 0.6 is 11.6 Å².